The summed E-state index contributed by atoms with van der Waals surface area (Å²) in [5.74, 6) is 0. The first-order chi connectivity index (χ1) is 8.84. The van der Waals surface area contributed by atoms with Gasteiger partial charge in [-0.2, -0.15) is 0 Å². The van der Waals surface area contributed by atoms with Crippen LogP contribution in [0, 0.1) is 0 Å². The van der Waals surface area contributed by atoms with E-state index in [9.17, 15) is 0 Å². The van der Waals surface area contributed by atoms with Crippen LogP contribution in [0.15, 0.2) is 36.7 Å². The Morgan fingerprint density at radius 3 is 2.44 bits per heavy atom. The molecule has 1 aromatic carbocycles. The van der Waals surface area contributed by atoms with Gasteiger partial charge in [-0.15, -0.1) is 5.10 Å². The van der Waals surface area contributed by atoms with Gasteiger partial charge in [-0.25, -0.2) is 4.68 Å². The minimum absolute atomic E-state index is 0.209. The lowest BCUT2D eigenvalue weighted by Gasteiger charge is -2.28. The summed E-state index contributed by atoms with van der Waals surface area (Å²) in [6.45, 7) is 0.746. The molecule has 0 atom stereocenters. The van der Waals surface area contributed by atoms with E-state index in [1.54, 1.807) is 10.9 Å². The van der Waals surface area contributed by atoms with Gasteiger partial charge in [-0.3, -0.25) is 0 Å². The van der Waals surface area contributed by atoms with E-state index in [-0.39, 0.29) is 5.41 Å². The fourth-order valence-electron chi connectivity index (χ4n) is 2.98. The minimum atomic E-state index is 0.209. The molecule has 1 heterocycles. The lowest BCUT2D eigenvalue weighted by Crippen LogP contribution is -2.31. The number of nitrogens with two attached hydrogens (primary N) is 1. The molecule has 2 aromatic rings. The highest BCUT2D eigenvalue weighted by Gasteiger charge is 2.33. The summed E-state index contributed by atoms with van der Waals surface area (Å²) < 4.78 is 1.77. The third kappa shape index (κ3) is 1.82. The Morgan fingerprint density at radius 2 is 1.89 bits per heavy atom. The van der Waals surface area contributed by atoms with Crippen LogP contribution < -0.4 is 5.73 Å². The molecule has 4 nitrogen and oxygen atoms in total. The fourth-order valence-corrected chi connectivity index (χ4v) is 2.98. The van der Waals surface area contributed by atoms with Gasteiger partial charge in [0, 0.05) is 12.0 Å². The Balaban J connectivity index is 1.91. The standard InChI is InChI=1S/C14H18N4/c15-11-14(7-1-2-8-14)12-3-5-13(6-4-12)18-10-9-16-17-18/h3-6,9-10H,1-2,7-8,11,15H2. The maximum Gasteiger partial charge on any atom is 0.0697 e. The molecule has 4 heteroatoms. The van der Waals surface area contributed by atoms with Gasteiger partial charge in [0.25, 0.3) is 0 Å². The van der Waals surface area contributed by atoms with Crippen molar-refractivity contribution in [2.75, 3.05) is 6.54 Å². The van der Waals surface area contributed by atoms with Crippen LogP contribution in [0.4, 0.5) is 0 Å². The van der Waals surface area contributed by atoms with Crippen molar-refractivity contribution in [3.63, 3.8) is 0 Å². The van der Waals surface area contributed by atoms with E-state index in [0.29, 0.717) is 0 Å². The average molecular weight is 242 g/mol. The van der Waals surface area contributed by atoms with Crippen LogP contribution in [-0.2, 0) is 5.41 Å². The zero-order chi connectivity index (χ0) is 12.4. The topological polar surface area (TPSA) is 56.7 Å². The van der Waals surface area contributed by atoms with Crippen molar-refractivity contribution in [1.29, 1.82) is 0 Å². The lowest BCUT2D eigenvalue weighted by atomic mass is 9.79. The summed E-state index contributed by atoms with van der Waals surface area (Å²) in [6, 6.07) is 8.57. The van der Waals surface area contributed by atoms with Gasteiger partial charge in [-0.05, 0) is 30.5 Å². The first-order valence-corrected chi connectivity index (χ1v) is 6.51. The van der Waals surface area contributed by atoms with Gasteiger partial charge in [-0.1, -0.05) is 30.2 Å². The number of rotatable bonds is 3. The SMILES string of the molecule is NCC1(c2ccc(-n3ccnn3)cc2)CCCC1. The number of nitrogens with zero attached hydrogens (tertiary/aromatic N) is 3. The van der Waals surface area contributed by atoms with Crippen LogP contribution in [0.2, 0.25) is 0 Å². The molecule has 1 saturated carbocycles. The highest BCUT2D eigenvalue weighted by Crippen LogP contribution is 2.40. The zero-order valence-corrected chi connectivity index (χ0v) is 10.4. The Kier molecular flexibility index (Phi) is 2.88. The molecule has 0 radical (unpaired) electrons. The Hall–Kier alpha value is -1.68. The van der Waals surface area contributed by atoms with Gasteiger partial charge in [0.2, 0.25) is 0 Å². The van der Waals surface area contributed by atoms with Crippen molar-refractivity contribution in [2.24, 2.45) is 5.73 Å². The zero-order valence-electron chi connectivity index (χ0n) is 10.4. The molecule has 0 bridgehead atoms. The smallest absolute Gasteiger partial charge is 0.0697 e. The van der Waals surface area contributed by atoms with Crippen LogP contribution in [0.5, 0.6) is 0 Å². The summed E-state index contributed by atoms with van der Waals surface area (Å²) in [5, 5.41) is 7.81. The van der Waals surface area contributed by atoms with Gasteiger partial charge in [0.1, 0.15) is 0 Å². The summed E-state index contributed by atoms with van der Waals surface area (Å²) >= 11 is 0. The van der Waals surface area contributed by atoms with E-state index in [4.69, 9.17) is 5.73 Å². The van der Waals surface area contributed by atoms with Crippen LogP contribution in [0.1, 0.15) is 31.2 Å². The summed E-state index contributed by atoms with van der Waals surface area (Å²) in [4.78, 5) is 0. The second-order valence-corrected chi connectivity index (χ2v) is 5.09. The van der Waals surface area contributed by atoms with Gasteiger partial charge in [0.05, 0.1) is 18.1 Å². The maximum absolute atomic E-state index is 6.01. The number of hydrogen-bond donors (Lipinski definition) is 1. The van der Waals surface area contributed by atoms with E-state index in [1.807, 2.05) is 6.20 Å². The highest BCUT2D eigenvalue weighted by atomic mass is 15.4. The molecule has 1 aromatic heterocycles. The maximum atomic E-state index is 6.01. The second kappa shape index (κ2) is 4.53. The fraction of sp³-hybridized carbons (Fsp3) is 0.429. The van der Waals surface area contributed by atoms with Crippen molar-refractivity contribution < 1.29 is 0 Å². The molecule has 94 valence electrons. The molecule has 0 aliphatic heterocycles. The quantitative estimate of drug-likeness (QED) is 0.896. The molecule has 0 amide bonds. The van der Waals surface area contributed by atoms with Gasteiger partial charge in [0.15, 0.2) is 0 Å². The predicted octanol–water partition coefficient (Wildman–Crippen LogP) is 2.04. The van der Waals surface area contributed by atoms with Crippen molar-refractivity contribution in [3.05, 3.63) is 42.2 Å². The van der Waals surface area contributed by atoms with Crippen molar-refractivity contribution in [1.82, 2.24) is 15.0 Å². The Labute approximate surface area is 107 Å². The molecule has 18 heavy (non-hydrogen) atoms. The molecule has 2 N–H and O–H groups in total. The van der Waals surface area contributed by atoms with Crippen LogP contribution in [0.3, 0.4) is 0 Å². The largest absolute Gasteiger partial charge is 0.330 e. The van der Waals surface area contributed by atoms with Crippen LogP contribution >= 0.6 is 0 Å². The molecule has 1 aliphatic carbocycles. The molecule has 1 fully saturated rings. The van der Waals surface area contributed by atoms with E-state index in [2.05, 4.69) is 34.6 Å². The van der Waals surface area contributed by atoms with Crippen LogP contribution in [-0.4, -0.2) is 21.5 Å². The number of benzene rings is 1. The van der Waals surface area contributed by atoms with Crippen molar-refractivity contribution >= 4 is 0 Å². The van der Waals surface area contributed by atoms with Crippen LogP contribution in [0.25, 0.3) is 5.69 Å². The highest BCUT2D eigenvalue weighted by molar-refractivity contribution is 5.37. The normalized spacial score (nSPS) is 18.1. The van der Waals surface area contributed by atoms with Crippen molar-refractivity contribution in [3.8, 4) is 5.69 Å². The third-order valence-electron chi connectivity index (χ3n) is 4.12. The first-order valence-electron chi connectivity index (χ1n) is 6.51. The van der Waals surface area contributed by atoms with Gasteiger partial charge < -0.3 is 5.73 Å². The summed E-state index contributed by atoms with van der Waals surface area (Å²) in [6.07, 6.45) is 8.55. The Bertz CT molecular complexity index is 495. The van der Waals surface area contributed by atoms with Gasteiger partial charge >= 0.3 is 0 Å². The van der Waals surface area contributed by atoms with E-state index < -0.39 is 0 Å². The molecule has 3 rings (SSSR count). The van der Waals surface area contributed by atoms with E-state index in [1.165, 1.54) is 31.2 Å². The second-order valence-electron chi connectivity index (χ2n) is 5.09. The number of hydrogen-bond acceptors (Lipinski definition) is 3. The molecular formula is C14H18N4. The van der Waals surface area contributed by atoms with Crippen molar-refractivity contribution in [2.45, 2.75) is 31.1 Å². The van der Waals surface area contributed by atoms with E-state index in [0.717, 1.165) is 12.2 Å². The summed E-state index contributed by atoms with van der Waals surface area (Å²) in [7, 11) is 0. The number of aromatic nitrogens is 3. The monoisotopic (exact) mass is 242 g/mol. The average Bonchev–Trinajstić information content (AvgIpc) is 3.11. The first kappa shape index (κ1) is 11.4. The molecule has 0 saturated heterocycles. The molecule has 1 aliphatic rings. The molecular weight excluding hydrogens is 224 g/mol. The third-order valence-corrected chi connectivity index (χ3v) is 4.12. The lowest BCUT2D eigenvalue weighted by molar-refractivity contribution is 0.453. The van der Waals surface area contributed by atoms with E-state index >= 15 is 0 Å². The summed E-state index contributed by atoms with van der Waals surface area (Å²) in [5.41, 5.74) is 8.63. The Morgan fingerprint density at radius 1 is 1.17 bits per heavy atom. The molecule has 0 spiro atoms. The predicted molar refractivity (Wildman–Crippen MR) is 70.6 cm³/mol. The minimum Gasteiger partial charge on any atom is -0.330 e. The molecule has 0 unspecified atom stereocenters.